The van der Waals surface area contributed by atoms with Gasteiger partial charge in [-0.1, -0.05) is 5.16 Å². The summed E-state index contributed by atoms with van der Waals surface area (Å²) in [5.74, 6) is -0.487. The highest BCUT2D eigenvalue weighted by Crippen LogP contribution is 2.25. The van der Waals surface area contributed by atoms with Gasteiger partial charge in [-0.15, -0.1) is 0 Å². The summed E-state index contributed by atoms with van der Waals surface area (Å²) in [4.78, 5) is 39.3. The van der Waals surface area contributed by atoms with Crippen molar-refractivity contribution in [2.24, 2.45) is 0 Å². The summed E-state index contributed by atoms with van der Waals surface area (Å²) in [5, 5.41) is 3.53. The first-order valence-corrected chi connectivity index (χ1v) is 7.93. The van der Waals surface area contributed by atoms with E-state index in [0.29, 0.717) is 25.9 Å². The first kappa shape index (κ1) is 16.3. The molecule has 1 unspecified atom stereocenters. The number of carbonyl (C=O) groups is 3. The van der Waals surface area contributed by atoms with Gasteiger partial charge in [0.2, 0.25) is 5.76 Å². The lowest BCUT2D eigenvalue weighted by atomic mass is 10.0. The van der Waals surface area contributed by atoms with Crippen molar-refractivity contribution >= 4 is 18.0 Å². The monoisotopic (exact) mass is 337 g/mol. The molecule has 0 spiro atoms. The zero-order valence-electron chi connectivity index (χ0n) is 13.3. The van der Waals surface area contributed by atoms with Crippen LogP contribution in [-0.2, 0) is 14.3 Å². The highest BCUT2D eigenvalue weighted by atomic mass is 16.6. The second-order valence-corrected chi connectivity index (χ2v) is 5.65. The quantitative estimate of drug-likeness (QED) is 0.744. The smallest absolute Gasteiger partial charge is 0.410 e. The minimum absolute atomic E-state index is 0.00881. The Balaban J connectivity index is 1.62. The third-order valence-electron chi connectivity index (χ3n) is 4.26. The first-order valence-electron chi connectivity index (χ1n) is 7.93. The van der Waals surface area contributed by atoms with Gasteiger partial charge in [-0.2, -0.15) is 0 Å². The summed E-state index contributed by atoms with van der Waals surface area (Å²) >= 11 is 0. The highest BCUT2D eigenvalue weighted by molar-refractivity contribution is 5.91. The minimum atomic E-state index is -0.709. The number of carbonyl (C=O) groups excluding carboxylic acids is 3. The molecule has 2 fully saturated rings. The number of piperidine rings is 1. The van der Waals surface area contributed by atoms with E-state index in [-0.39, 0.29) is 30.9 Å². The Hall–Kier alpha value is -2.58. The van der Waals surface area contributed by atoms with E-state index in [1.54, 1.807) is 11.8 Å². The molecule has 0 N–H and O–H groups in total. The van der Waals surface area contributed by atoms with Crippen molar-refractivity contribution in [3.05, 3.63) is 18.0 Å². The molecule has 1 atom stereocenters. The molecule has 2 aliphatic rings. The van der Waals surface area contributed by atoms with Crippen molar-refractivity contribution in [1.82, 2.24) is 15.0 Å². The lowest BCUT2D eigenvalue weighted by Crippen LogP contribution is -2.52. The fraction of sp³-hybridized carbons (Fsp3) is 0.600. The second-order valence-electron chi connectivity index (χ2n) is 5.65. The van der Waals surface area contributed by atoms with Crippen LogP contribution in [0, 0.1) is 0 Å². The molecule has 2 saturated heterocycles. The predicted octanol–water partition coefficient (Wildman–Crippen LogP) is 0.663. The molecule has 0 saturated carbocycles. The van der Waals surface area contributed by atoms with Crippen molar-refractivity contribution in [3.63, 3.8) is 0 Å². The molecule has 0 bridgehead atoms. The van der Waals surface area contributed by atoms with Gasteiger partial charge in [-0.3, -0.25) is 9.69 Å². The third-order valence-corrected chi connectivity index (χ3v) is 4.26. The zero-order chi connectivity index (χ0) is 17.1. The van der Waals surface area contributed by atoms with Crippen molar-refractivity contribution in [1.29, 1.82) is 0 Å². The van der Waals surface area contributed by atoms with Gasteiger partial charge < -0.3 is 18.9 Å². The van der Waals surface area contributed by atoms with Crippen molar-refractivity contribution < 1.29 is 28.4 Å². The Bertz CT molecular complexity index is 609. The van der Waals surface area contributed by atoms with Crippen molar-refractivity contribution in [3.8, 4) is 0 Å². The van der Waals surface area contributed by atoms with E-state index < -0.39 is 18.1 Å². The number of aromatic nitrogens is 1. The van der Waals surface area contributed by atoms with E-state index in [0.717, 1.165) is 0 Å². The largest absolute Gasteiger partial charge is 0.464 e. The molecule has 24 heavy (non-hydrogen) atoms. The van der Waals surface area contributed by atoms with Gasteiger partial charge in [0.1, 0.15) is 6.61 Å². The van der Waals surface area contributed by atoms with Crippen LogP contribution in [0.5, 0.6) is 0 Å². The second kappa shape index (κ2) is 6.90. The fourth-order valence-corrected chi connectivity index (χ4v) is 3.08. The molecule has 130 valence electrons. The average Bonchev–Trinajstić information content (AvgIpc) is 3.24. The maximum atomic E-state index is 12.2. The van der Waals surface area contributed by atoms with E-state index in [4.69, 9.17) is 14.0 Å². The fourth-order valence-electron chi connectivity index (χ4n) is 3.08. The van der Waals surface area contributed by atoms with Crippen molar-refractivity contribution in [2.45, 2.75) is 31.8 Å². The Kier molecular flexibility index (Phi) is 4.68. The van der Waals surface area contributed by atoms with Crippen LogP contribution < -0.4 is 0 Å². The van der Waals surface area contributed by atoms with Crippen LogP contribution in [0.4, 0.5) is 4.79 Å². The summed E-state index contributed by atoms with van der Waals surface area (Å²) in [6.07, 6.45) is 2.04. The molecular weight excluding hydrogens is 318 g/mol. The highest BCUT2D eigenvalue weighted by Gasteiger charge is 2.44. The van der Waals surface area contributed by atoms with Gasteiger partial charge in [-0.05, 0) is 19.8 Å². The Morgan fingerprint density at radius 1 is 1.38 bits per heavy atom. The minimum Gasteiger partial charge on any atom is -0.464 e. The number of ether oxygens (including phenoxy) is 2. The van der Waals surface area contributed by atoms with Gasteiger partial charge in [-0.25, -0.2) is 9.59 Å². The Morgan fingerprint density at radius 2 is 2.12 bits per heavy atom. The van der Waals surface area contributed by atoms with Crippen molar-refractivity contribution in [2.75, 3.05) is 26.3 Å². The molecule has 3 rings (SSSR count). The number of cyclic esters (lactones) is 1. The molecule has 0 aliphatic carbocycles. The number of hydrogen-bond acceptors (Lipinski definition) is 7. The third kappa shape index (κ3) is 3.06. The van der Waals surface area contributed by atoms with E-state index in [1.165, 1.54) is 17.2 Å². The standard InChI is InChI=1S/C15H19N3O6/c1-2-22-14(20)11-9-23-15(21)18(11)10-4-7-17(8-5-10)13(19)12-3-6-16-24-12/h3,6,10-11H,2,4-5,7-9H2,1H3. The Morgan fingerprint density at radius 3 is 2.75 bits per heavy atom. The first-order chi connectivity index (χ1) is 11.6. The van der Waals surface area contributed by atoms with Gasteiger partial charge in [0.15, 0.2) is 6.04 Å². The maximum absolute atomic E-state index is 12.2. The molecule has 2 amide bonds. The molecule has 0 radical (unpaired) electrons. The molecule has 1 aromatic rings. The summed E-state index contributed by atoms with van der Waals surface area (Å²) in [5.41, 5.74) is 0. The number of nitrogens with zero attached hydrogens (tertiary/aromatic N) is 3. The lowest BCUT2D eigenvalue weighted by molar-refractivity contribution is -0.148. The van der Waals surface area contributed by atoms with E-state index in [1.807, 2.05) is 0 Å². The molecule has 1 aromatic heterocycles. The number of likely N-dealkylation sites (tertiary alicyclic amines) is 1. The molecule has 9 heteroatoms. The Labute approximate surface area is 138 Å². The molecule has 3 heterocycles. The maximum Gasteiger partial charge on any atom is 0.410 e. The summed E-state index contributed by atoms with van der Waals surface area (Å²) in [6, 6.07) is 0.649. The molecule has 9 nitrogen and oxygen atoms in total. The van der Waals surface area contributed by atoms with Gasteiger partial charge in [0.25, 0.3) is 5.91 Å². The number of esters is 1. The SMILES string of the molecule is CCOC(=O)C1COC(=O)N1C1CCN(C(=O)c2ccno2)CC1. The average molecular weight is 337 g/mol. The van der Waals surface area contributed by atoms with E-state index >= 15 is 0 Å². The number of rotatable bonds is 4. The van der Waals surface area contributed by atoms with Crippen LogP contribution in [0.25, 0.3) is 0 Å². The number of hydrogen-bond donors (Lipinski definition) is 0. The zero-order valence-corrected chi connectivity index (χ0v) is 13.3. The lowest BCUT2D eigenvalue weighted by Gasteiger charge is -2.36. The van der Waals surface area contributed by atoms with Crippen LogP contribution >= 0.6 is 0 Å². The summed E-state index contributed by atoms with van der Waals surface area (Å²) in [7, 11) is 0. The topological polar surface area (TPSA) is 102 Å². The van der Waals surface area contributed by atoms with Crippen LogP contribution in [0.2, 0.25) is 0 Å². The van der Waals surface area contributed by atoms with Gasteiger partial charge in [0.05, 0.1) is 12.8 Å². The molecule has 0 aromatic carbocycles. The van der Waals surface area contributed by atoms with Gasteiger partial charge in [0, 0.05) is 25.2 Å². The van der Waals surface area contributed by atoms with E-state index in [2.05, 4.69) is 5.16 Å². The van der Waals surface area contributed by atoms with Crippen LogP contribution in [-0.4, -0.2) is 71.3 Å². The normalized spacial score (nSPS) is 21.7. The van der Waals surface area contributed by atoms with Gasteiger partial charge >= 0.3 is 12.1 Å². The molecular formula is C15H19N3O6. The van der Waals surface area contributed by atoms with Crippen LogP contribution in [0.3, 0.4) is 0 Å². The van der Waals surface area contributed by atoms with Crippen LogP contribution in [0.15, 0.2) is 16.8 Å². The van der Waals surface area contributed by atoms with Crippen LogP contribution in [0.1, 0.15) is 30.3 Å². The predicted molar refractivity (Wildman–Crippen MR) is 79.0 cm³/mol. The summed E-state index contributed by atoms with van der Waals surface area (Å²) < 4.78 is 14.9. The molecule has 2 aliphatic heterocycles. The number of amides is 2. The van der Waals surface area contributed by atoms with E-state index in [9.17, 15) is 14.4 Å². The summed E-state index contributed by atoms with van der Waals surface area (Å²) in [6.45, 7) is 2.90.